The SMILES string of the molecule is C[C@@H]1CN(C(=O)CCl)[C@@H](C)CC1=O. The van der Waals surface area contributed by atoms with Crippen LogP contribution in [0.2, 0.25) is 0 Å². The molecule has 1 fully saturated rings. The van der Waals surface area contributed by atoms with Gasteiger partial charge in [-0.1, -0.05) is 6.92 Å². The lowest BCUT2D eigenvalue weighted by Gasteiger charge is -2.35. The second-order valence-corrected chi connectivity index (χ2v) is 3.87. The van der Waals surface area contributed by atoms with Gasteiger partial charge >= 0.3 is 0 Å². The van der Waals surface area contributed by atoms with Gasteiger partial charge in [0.1, 0.15) is 11.7 Å². The highest BCUT2D eigenvalue weighted by Gasteiger charge is 2.31. The molecule has 0 N–H and O–H groups in total. The zero-order valence-electron chi connectivity index (χ0n) is 7.92. The Morgan fingerprint density at radius 3 is 2.77 bits per heavy atom. The lowest BCUT2D eigenvalue weighted by Crippen LogP contribution is -2.49. The van der Waals surface area contributed by atoms with Gasteiger partial charge < -0.3 is 4.90 Å². The summed E-state index contributed by atoms with van der Waals surface area (Å²) in [7, 11) is 0. The van der Waals surface area contributed by atoms with Crippen molar-refractivity contribution >= 4 is 23.3 Å². The van der Waals surface area contributed by atoms with Gasteiger partial charge in [0.05, 0.1) is 0 Å². The predicted molar refractivity (Wildman–Crippen MR) is 50.7 cm³/mol. The van der Waals surface area contributed by atoms with Crippen molar-refractivity contribution in [1.82, 2.24) is 4.90 Å². The van der Waals surface area contributed by atoms with Gasteiger partial charge in [0.2, 0.25) is 5.91 Å². The maximum Gasteiger partial charge on any atom is 0.237 e. The molecular formula is C9H14ClNO2. The van der Waals surface area contributed by atoms with Crippen LogP contribution in [0, 0.1) is 5.92 Å². The Balaban J connectivity index is 2.66. The number of piperidine rings is 1. The Labute approximate surface area is 83.0 Å². The van der Waals surface area contributed by atoms with Gasteiger partial charge in [-0.3, -0.25) is 9.59 Å². The molecule has 1 aliphatic heterocycles. The molecule has 0 unspecified atom stereocenters. The molecule has 1 aliphatic rings. The zero-order chi connectivity index (χ0) is 10.0. The van der Waals surface area contributed by atoms with Gasteiger partial charge in [-0.25, -0.2) is 0 Å². The summed E-state index contributed by atoms with van der Waals surface area (Å²) in [5.74, 6) is 0.133. The van der Waals surface area contributed by atoms with Gasteiger partial charge in [-0.2, -0.15) is 0 Å². The van der Waals surface area contributed by atoms with Crippen LogP contribution in [-0.4, -0.2) is 35.1 Å². The van der Waals surface area contributed by atoms with Gasteiger partial charge in [-0.05, 0) is 6.92 Å². The Hall–Kier alpha value is -0.570. The van der Waals surface area contributed by atoms with E-state index in [1.54, 1.807) is 4.90 Å². The third-order valence-corrected chi connectivity index (χ3v) is 2.71. The van der Waals surface area contributed by atoms with Crippen LogP contribution < -0.4 is 0 Å². The fourth-order valence-electron chi connectivity index (χ4n) is 1.60. The summed E-state index contributed by atoms with van der Waals surface area (Å²) < 4.78 is 0. The van der Waals surface area contributed by atoms with Crippen molar-refractivity contribution in [3.8, 4) is 0 Å². The van der Waals surface area contributed by atoms with Crippen LogP contribution in [0.1, 0.15) is 20.3 Å². The van der Waals surface area contributed by atoms with Crippen LogP contribution in [0.4, 0.5) is 0 Å². The number of ketones is 1. The number of hydrogen-bond acceptors (Lipinski definition) is 2. The third-order valence-electron chi connectivity index (χ3n) is 2.48. The first-order chi connectivity index (χ1) is 6.06. The molecule has 0 spiro atoms. The number of rotatable bonds is 1. The summed E-state index contributed by atoms with van der Waals surface area (Å²) in [6.45, 7) is 4.25. The number of carbonyl (C=O) groups is 2. The van der Waals surface area contributed by atoms with Crippen molar-refractivity contribution in [2.24, 2.45) is 5.92 Å². The second kappa shape index (κ2) is 4.09. The number of likely N-dealkylation sites (tertiary alicyclic amines) is 1. The molecule has 3 nitrogen and oxygen atoms in total. The van der Waals surface area contributed by atoms with Crippen molar-refractivity contribution < 1.29 is 9.59 Å². The van der Waals surface area contributed by atoms with Crippen LogP contribution in [0.15, 0.2) is 0 Å². The molecule has 0 aromatic heterocycles. The van der Waals surface area contributed by atoms with E-state index in [2.05, 4.69) is 0 Å². The average molecular weight is 204 g/mol. The molecule has 1 amide bonds. The number of alkyl halides is 1. The highest BCUT2D eigenvalue weighted by atomic mass is 35.5. The molecule has 0 aromatic carbocycles. The van der Waals surface area contributed by atoms with E-state index < -0.39 is 0 Å². The Morgan fingerprint density at radius 1 is 1.62 bits per heavy atom. The van der Waals surface area contributed by atoms with E-state index in [1.807, 2.05) is 13.8 Å². The van der Waals surface area contributed by atoms with Crippen LogP contribution in [-0.2, 0) is 9.59 Å². The highest BCUT2D eigenvalue weighted by molar-refractivity contribution is 6.27. The lowest BCUT2D eigenvalue weighted by atomic mass is 9.93. The van der Waals surface area contributed by atoms with Crippen LogP contribution in [0.3, 0.4) is 0 Å². The molecule has 0 saturated carbocycles. The normalized spacial score (nSPS) is 29.2. The van der Waals surface area contributed by atoms with Crippen molar-refractivity contribution in [2.45, 2.75) is 26.3 Å². The van der Waals surface area contributed by atoms with Gasteiger partial charge in [0.25, 0.3) is 0 Å². The van der Waals surface area contributed by atoms with Crippen molar-refractivity contribution in [3.63, 3.8) is 0 Å². The fraction of sp³-hybridized carbons (Fsp3) is 0.778. The van der Waals surface area contributed by atoms with Crippen LogP contribution in [0.25, 0.3) is 0 Å². The standard InChI is InChI=1S/C9H14ClNO2/c1-6-5-11(9(13)4-10)7(2)3-8(6)12/h6-7H,3-5H2,1-2H3/t6-,7+/m1/s1. The summed E-state index contributed by atoms with van der Waals surface area (Å²) in [4.78, 5) is 24.3. The quantitative estimate of drug-likeness (QED) is 0.598. The van der Waals surface area contributed by atoms with E-state index in [-0.39, 0.29) is 29.5 Å². The largest absolute Gasteiger partial charge is 0.338 e. The minimum atomic E-state index is -0.0754. The Kier molecular flexibility index (Phi) is 3.31. The van der Waals surface area contributed by atoms with E-state index in [4.69, 9.17) is 11.6 Å². The number of carbonyl (C=O) groups excluding carboxylic acids is 2. The third kappa shape index (κ3) is 2.21. The molecule has 74 valence electrons. The van der Waals surface area contributed by atoms with Crippen molar-refractivity contribution in [2.75, 3.05) is 12.4 Å². The minimum absolute atomic E-state index is 0.00521. The van der Waals surface area contributed by atoms with E-state index in [9.17, 15) is 9.59 Å². The molecule has 13 heavy (non-hydrogen) atoms. The molecule has 1 heterocycles. The van der Waals surface area contributed by atoms with Crippen molar-refractivity contribution in [3.05, 3.63) is 0 Å². The molecule has 2 atom stereocenters. The second-order valence-electron chi connectivity index (χ2n) is 3.60. The van der Waals surface area contributed by atoms with Gasteiger partial charge in [0, 0.05) is 24.9 Å². The Morgan fingerprint density at radius 2 is 2.23 bits per heavy atom. The first-order valence-corrected chi connectivity index (χ1v) is 4.98. The van der Waals surface area contributed by atoms with Gasteiger partial charge in [-0.15, -0.1) is 11.6 Å². The lowest BCUT2D eigenvalue weighted by molar-refractivity contribution is -0.138. The maximum absolute atomic E-state index is 11.3. The van der Waals surface area contributed by atoms with E-state index in [1.165, 1.54) is 0 Å². The maximum atomic E-state index is 11.3. The molecular weight excluding hydrogens is 190 g/mol. The van der Waals surface area contributed by atoms with Gasteiger partial charge in [0.15, 0.2) is 0 Å². The number of amides is 1. The van der Waals surface area contributed by atoms with Crippen molar-refractivity contribution in [1.29, 1.82) is 0 Å². The number of Topliss-reactive ketones (excluding diaryl/α,β-unsaturated/α-hetero) is 1. The summed E-state index contributed by atoms with van der Waals surface area (Å²) in [6.07, 6.45) is 0.462. The van der Waals surface area contributed by atoms with Crippen LogP contribution >= 0.6 is 11.6 Å². The van der Waals surface area contributed by atoms with Crippen LogP contribution in [0.5, 0.6) is 0 Å². The molecule has 0 aromatic rings. The highest BCUT2D eigenvalue weighted by Crippen LogP contribution is 2.18. The number of nitrogens with zero attached hydrogens (tertiary/aromatic N) is 1. The summed E-state index contributed by atoms with van der Waals surface area (Å²) in [5.41, 5.74) is 0. The smallest absolute Gasteiger partial charge is 0.237 e. The molecule has 0 radical (unpaired) electrons. The molecule has 0 bridgehead atoms. The minimum Gasteiger partial charge on any atom is -0.338 e. The number of hydrogen-bond donors (Lipinski definition) is 0. The van der Waals surface area contributed by atoms with E-state index in [0.717, 1.165) is 0 Å². The molecule has 1 rings (SSSR count). The monoisotopic (exact) mass is 203 g/mol. The first kappa shape index (κ1) is 10.5. The predicted octanol–water partition coefficient (Wildman–Crippen LogP) is 1.05. The first-order valence-electron chi connectivity index (χ1n) is 4.44. The van der Waals surface area contributed by atoms with E-state index in [0.29, 0.717) is 13.0 Å². The zero-order valence-corrected chi connectivity index (χ0v) is 8.67. The summed E-state index contributed by atoms with van der Waals surface area (Å²) in [6, 6.07) is 0.00921. The topological polar surface area (TPSA) is 37.4 Å². The van der Waals surface area contributed by atoms with E-state index >= 15 is 0 Å². The summed E-state index contributed by atoms with van der Waals surface area (Å²) >= 11 is 5.46. The average Bonchev–Trinajstić information content (AvgIpc) is 2.10. The number of halogens is 1. The summed E-state index contributed by atoms with van der Waals surface area (Å²) in [5, 5.41) is 0. The molecule has 1 saturated heterocycles. The molecule has 0 aliphatic carbocycles. The molecule has 4 heteroatoms. The Bertz CT molecular complexity index is 230. The fourth-order valence-corrected chi connectivity index (χ4v) is 1.76.